The van der Waals surface area contributed by atoms with E-state index in [1.165, 1.54) is 6.33 Å². The highest BCUT2D eigenvalue weighted by atomic mass is 16.2. The number of hydrogen-bond donors (Lipinski definition) is 0. The molecule has 108 valence electrons. The summed E-state index contributed by atoms with van der Waals surface area (Å²) >= 11 is 0. The summed E-state index contributed by atoms with van der Waals surface area (Å²) in [5, 5.41) is 11.9. The molecule has 0 bridgehead atoms. The molecule has 0 aromatic carbocycles. The van der Waals surface area contributed by atoms with Crippen molar-refractivity contribution in [1.29, 1.82) is 0 Å². The van der Waals surface area contributed by atoms with Gasteiger partial charge in [-0.3, -0.25) is 9.48 Å². The second-order valence-electron chi connectivity index (χ2n) is 4.75. The maximum absolute atomic E-state index is 12.3. The van der Waals surface area contributed by atoms with E-state index in [0.29, 0.717) is 13.1 Å². The highest BCUT2D eigenvalue weighted by Gasteiger charge is 2.19. The van der Waals surface area contributed by atoms with Crippen LogP contribution < -0.4 is 0 Å². The molecule has 1 amide bonds. The van der Waals surface area contributed by atoms with E-state index in [4.69, 9.17) is 0 Å². The molecule has 0 aliphatic carbocycles. The van der Waals surface area contributed by atoms with Crippen LogP contribution in [0.3, 0.4) is 0 Å². The fourth-order valence-corrected chi connectivity index (χ4v) is 2.02. The number of carbonyl (C=O) groups is 1. The van der Waals surface area contributed by atoms with Crippen LogP contribution in [0.25, 0.3) is 0 Å². The third-order valence-corrected chi connectivity index (χ3v) is 3.14. The van der Waals surface area contributed by atoms with Crippen molar-refractivity contribution in [3.8, 4) is 0 Å². The molecule has 0 aliphatic heterocycles. The first-order chi connectivity index (χ1) is 9.61. The smallest absolute Gasteiger partial charge is 0.227 e. The van der Waals surface area contributed by atoms with E-state index < -0.39 is 0 Å². The van der Waals surface area contributed by atoms with Gasteiger partial charge >= 0.3 is 0 Å². The van der Waals surface area contributed by atoms with E-state index in [-0.39, 0.29) is 11.8 Å². The van der Waals surface area contributed by atoms with Gasteiger partial charge in [-0.2, -0.15) is 5.10 Å². The molecule has 8 heteroatoms. The third kappa shape index (κ3) is 3.19. The molecule has 2 heterocycles. The number of carbonyl (C=O) groups excluding carboxylic acids is 1. The summed E-state index contributed by atoms with van der Waals surface area (Å²) in [5.74, 6) is 0.669. The molecule has 0 fully saturated rings. The Balaban J connectivity index is 1.94. The van der Waals surface area contributed by atoms with Crippen LogP contribution in [0.15, 0.2) is 19.0 Å². The quantitative estimate of drug-likeness (QED) is 0.752. The Kier molecular flexibility index (Phi) is 4.44. The van der Waals surface area contributed by atoms with Gasteiger partial charge in [-0.1, -0.05) is 6.92 Å². The van der Waals surface area contributed by atoms with E-state index in [2.05, 4.69) is 20.3 Å². The SMILES string of the molecule is CCn1cnnc1CN(C)C(=O)[C@@H](C)Cn1cncn1. The zero-order valence-corrected chi connectivity index (χ0v) is 12.0. The van der Waals surface area contributed by atoms with Crippen molar-refractivity contribution in [1.82, 2.24) is 34.4 Å². The molecular weight excluding hydrogens is 258 g/mol. The van der Waals surface area contributed by atoms with Gasteiger partial charge in [0.25, 0.3) is 0 Å². The monoisotopic (exact) mass is 277 g/mol. The van der Waals surface area contributed by atoms with E-state index >= 15 is 0 Å². The lowest BCUT2D eigenvalue weighted by Gasteiger charge is -2.21. The molecule has 2 rings (SSSR count). The van der Waals surface area contributed by atoms with Crippen molar-refractivity contribution in [2.24, 2.45) is 5.92 Å². The van der Waals surface area contributed by atoms with Crippen molar-refractivity contribution < 1.29 is 4.79 Å². The molecule has 0 saturated heterocycles. The van der Waals surface area contributed by atoms with Gasteiger partial charge < -0.3 is 9.47 Å². The molecule has 1 atom stereocenters. The second-order valence-corrected chi connectivity index (χ2v) is 4.75. The van der Waals surface area contributed by atoms with E-state index in [0.717, 1.165) is 12.4 Å². The Bertz CT molecular complexity index is 548. The number of rotatable bonds is 6. The Hall–Kier alpha value is -2.25. The van der Waals surface area contributed by atoms with Crippen LogP contribution in [0, 0.1) is 5.92 Å². The van der Waals surface area contributed by atoms with Gasteiger partial charge in [-0.15, -0.1) is 10.2 Å². The van der Waals surface area contributed by atoms with Crippen molar-refractivity contribution in [3.63, 3.8) is 0 Å². The van der Waals surface area contributed by atoms with Crippen molar-refractivity contribution in [3.05, 3.63) is 24.8 Å². The molecule has 2 aromatic heterocycles. The number of aromatic nitrogens is 6. The fraction of sp³-hybridized carbons (Fsp3) is 0.583. The summed E-state index contributed by atoms with van der Waals surface area (Å²) in [6, 6.07) is 0. The minimum atomic E-state index is -0.167. The first-order valence-corrected chi connectivity index (χ1v) is 6.55. The molecule has 0 saturated carbocycles. The lowest BCUT2D eigenvalue weighted by molar-refractivity contribution is -0.134. The predicted octanol–water partition coefficient (Wildman–Crippen LogP) is 0.184. The average molecular weight is 277 g/mol. The minimum Gasteiger partial charge on any atom is -0.338 e. The summed E-state index contributed by atoms with van der Waals surface area (Å²) in [6.45, 7) is 5.66. The number of amides is 1. The van der Waals surface area contributed by atoms with Gasteiger partial charge in [-0.25, -0.2) is 4.98 Å². The Morgan fingerprint density at radius 3 is 2.90 bits per heavy atom. The van der Waals surface area contributed by atoms with Crippen LogP contribution in [-0.4, -0.2) is 47.4 Å². The summed E-state index contributed by atoms with van der Waals surface area (Å²) in [5.41, 5.74) is 0. The van der Waals surface area contributed by atoms with Crippen LogP contribution in [-0.2, 0) is 24.4 Å². The van der Waals surface area contributed by atoms with Crippen LogP contribution in [0.4, 0.5) is 0 Å². The average Bonchev–Trinajstić information content (AvgIpc) is 3.08. The standard InChI is InChI=1S/C12H19N7O/c1-4-18-9-14-16-11(18)6-17(3)12(20)10(2)5-19-8-13-7-15-19/h7-10H,4-6H2,1-3H3/t10-/m0/s1. The normalized spacial score (nSPS) is 12.3. The van der Waals surface area contributed by atoms with Crippen LogP contribution in [0.1, 0.15) is 19.7 Å². The van der Waals surface area contributed by atoms with Crippen molar-refractivity contribution in [2.75, 3.05) is 7.05 Å². The first kappa shape index (κ1) is 14.2. The topological polar surface area (TPSA) is 81.7 Å². The van der Waals surface area contributed by atoms with Gasteiger partial charge in [-0.05, 0) is 6.92 Å². The van der Waals surface area contributed by atoms with E-state index in [9.17, 15) is 4.79 Å². The number of nitrogens with zero attached hydrogens (tertiary/aromatic N) is 7. The molecule has 20 heavy (non-hydrogen) atoms. The van der Waals surface area contributed by atoms with Gasteiger partial charge in [0.05, 0.1) is 19.0 Å². The summed E-state index contributed by atoms with van der Waals surface area (Å²) in [6.07, 6.45) is 4.74. The lowest BCUT2D eigenvalue weighted by Crippen LogP contribution is -2.34. The molecule has 2 aromatic rings. The Morgan fingerprint density at radius 1 is 1.45 bits per heavy atom. The Labute approximate surface area is 117 Å². The molecule has 0 spiro atoms. The van der Waals surface area contributed by atoms with Crippen LogP contribution in [0.5, 0.6) is 0 Å². The van der Waals surface area contributed by atoms with Gasteiger partial charge in [0.2, 0.25) is 5.91 Å². The second kappa shape index (κ2) is 6.27. The van der Waals surface area contributed by atoms with E-state index in [1.54, 1.807) is 29.3 Å². The maximum atomic E-state index is 12.3. The number of aryl methyl sites for hydroxylation is 1. The fourth-order valence-electron chi connectivity index (χ4n) is 2.02. The Morgan fingerprint density at radius 2 is 2.25 bits per heavy atom. The van der Waals surface area contributed by atoms with Gasteiger partial charge in [0.1, 0.15) is 19.0 Å². The number of hydrogen-bond acceptors (Lipinski definition) is 5. The van der Waals surface area contributed by atoms with Crippen LogP contribution in [0.2, 0.25) is 0 Å². The maximum Gasteiger partial charge on any atom is 0.227 e. The van der Waals surface area contributed by atoms with Crippen molar-refractivity contribution in [2.45, 2.75) is 33.5 Å². The van der Waals surface area contributed by atoms with Crippen LogP contribution >= 0.6 is 0 Å². The highest BCUT2D eigenvalue weighted by Crippen LogP contribution is 2.07. The van der Waals surface area contributed by atoms with Gasteiger partial charge in [0, 0.05) is 13.6 Å². The lowest BCUT2D eigenvalue weighted by atomic mass is 10.1. The van der Waals surface area contributed by atoms with E-state index in [1.807, 2.05) is 18.4 Å². The molecule has 8 nitrogen and oxygen atoms in total. The zero-order valence-electron chi connectivity index (χ0n) is 12.0. The molecule has 0 radical (unpaired) electrons. The molecule has 0 N–H and O–H groups in total. The molecule has 0 unspecified atom stereocenters. The summed E-state index contributed by atoms with van der Waals surface area (Å²) in [4.78, 5) is 17.8. The largest absolute Gasteiger partial charge is 0.338 e. The molecular formula is C12H19N7O. The third-order valence-electron chi connectivity index (χ3n) is 3.14. The van der Waals surface area contributed by atoms with Gasteiger partial charge in [0.15, 0.2) is 5.82 Å². The van der Waals surface area contributed by atoms with Crippen molar-refractivity contribution >= 4 is 5.91 Å². The summed E-state index contributed by atoms with van der Waals surface area (Å²) in [7, 11) is 1.77. The minimum absolute atomic E-state index is 0.0474. The summed E-state index contributed by atoms with van der Waals surface area (Å²) < 4.78 is 3.58. The predicted molar refractivity (Wildman–Crippen MR) is 71.4 cm³/mol. The molecule has 0 aliphatic rings. The zero-order chi connectivity index (χ0) is 14.5. The highest BCUT2D eigenvalue weighted by molar-refractivity contribution is 5.78. The first-order valence-electron chi connectivity index (χ1n) is 6.55.